The van der Waals surface area contributed by atoms with E-state index < -0.39 is 10.2 Å². The second kappa shape index (κ2) is 6.17. The molecular formula is C11H21N5O3S. The zero-order valence-electron chi connectivity index (χ0n) is 11.9. The van der Waals surface area contributed by atoms with Crippen LogP contribution >= 0.6 is 0 Å². The van der Waals surface area contributed by atoms with Crippen molar-refractivity contribution in [2.24, 2.45) is 9.98 Å². The maximum atomic E-state index is 12.0. The van der Waals surface area contributed by atoms with Crippen LogP contribution in [0.3, 0.4) is 0 Å². The van der Waals surface area contributed by atoms with Crippen molar-refractivity contribution >= 4 is 21.9 Å². The Bertz CT molecular complexity index is 506. The fraction of sp³-hybridized carbons (Fsp3) is 0.818. The van der Waals surface area contributed by atoms with Gasteiger partial charge < -0.3 is 10.0 Å². The molecule has 0 bridgehead atoms. The SMILES string of the molecule is CN(C)S(=O)(=O)N1CCN(C2=NC(CO)=NCC2)CC1. The number of piperazine rings is 1. The third kappa shape index (κ3) is 3.17. The van der Waals surface area contributed by atoms with E-state index in [-0.39, 0.29) is 6.61 Å². The van der Waals surface area contributed by atoms with Crippen molar-refractivity contribution in [2.45, 2.75) is 6.42 Å². The first-order valence-electron chi connectivity index (χ1n) is 6.59. The van der Waals surface area contributed by atoms with Crippen molar-refractivity contribution in [3.8, 4) is 0 Å². The van der Waals surface area contributed by atoms with E-state index in [1.807, 2.05) is 0 Å². The minimum Gasteiger partial charge on any atom is -0.388 e. The van der Waals surface area contributed by atoms with E-state index in [0.29, 0.717) is 38.6 Å². The van der Waals surface area contributed by atoms with Crippen molar-refractivity contribution < 1.29 is 13.5 Å². The summed E-state index contributed by atoms with van der Waals surface area (Å²) in [4.78, 5) is 10.5. The summed E-state index contributed by atoms with van der Waals surface area (Å²) in [5.41, 5.74) is 0. The average molecular weight is 303 g/mol. The smallest absolute Gasteiger partial charge is 0.281 e. The van der Waals surface area contributed by atoms with Crippen LogP contribution in [0.15, 0.2) is 9.98 Å². The van der Waals surface area contributed by atoms with Crippen LogP contribution in [0, 0.1) is 0 Å². The van der Waals surface area contributed by atoms with Crippen molar-refractivity contribution in [3.63, 3.8) is 0 Å². The highest BCUT2D eigenvalue weighted by Gasteiger charge is 2.29. The molecule has 1 fully saturated rings. The molecule has 8 nitrogen and oxygen atoms in total. The van der Waals surface area contributed by atoms with Gasteiger partial charge in [0, 0.05) is 53.2 Å². The predicted octanol–water partition coefficient (Wildman–Crippen LogP) is -1.40. The van der Waals surface area contributed by atoms with E-state index in [9.17, 15) is 8.42 Å². The topological polar surface area (TPSA) is 88.8 Å². The lowest BCUT2D eigenvalue weighted by molar-refractivity contribution is 0.253. The lowest BCUT2D eigenvalue weighted by Gasteiger charge is -2.37. The third-order valence-electron chi connectivity index (χ3n) is 3.42. The first-order chi connectivity index (χ1) is 9.45. The normalized spacial score (nSPS) is 21.9. The summed E-state index contributed by atoms with van der Waals surface area (Å²) in [7, 11) is -0.256. The van der Waals surface area contributed by atoms with Crippen LogP contribution in [0.4, 0.5) is 0 Å². The van der Waals surface area contributed by atoms with Gasteiger partial charge in [0.15, 0.2) is 5.84 Å². The van der Waals surface area contributed by atoms with Gasteiger partial charge in [-0.15, -0.1) is 0 Å². The summed E-state index contributed by atoms with van der Waals surface area (Å²) in [6.07, 6.45) is 0.740. The van der Waals surface area contributed by atoms with E-state index in [1.54, 1.807) is 0 Å². The van der Waals surface area contributed by atoms with Gasteiger partial charge >= 0.3 is 0 Å². The van der Waals surface area contributed by atoms with E-state index >= 15 is 0 Å². The molecule has 0 unspecified atom stereocenters. The molecule has 0 aliphatic carbocycles. The summed E-state index contributed by atoms with van der Waals surface area (Å²) < 4.78 is 26.7. The Labute approximate surface area is 119 Å². The fourth-order valence-corrected chi connectivity index (χ4v) is 3.33. The second-order valence-electron chi connectivity index (χ2n) is 4.91. The number of amidine groups is 2. The molecule has 0 spiro atoms. The van der Waals surface area contributed by atoms with Gasteiger partial charge in [-0.1, -0.05) is 0 Å². The summed E-state index contributed by atoms with van der Waals surface area (Å²) >= 11 is 0. The molecule has 2 aliphatic heterocycles. The molecule has 2 aliphatic rings. The van der Waals surface area contributed by atoms with Crippen molar-refractivity contribution in [2.75, 3.05) is 53.4 Å². The van der Waals surface area contributed by atoms with Crippen LogP contribution < -0.4 is 0 Å². The molecule has 0 amide bonds. The van der Waals surface area contributed by atoms with Gasteiger partial charge in [-0.2, -0.15) is 17.0 Å². The molecule has 0 radical (unpaired) electrons. The first-order valence-corrected chi connectivity index (χ1v) is 7.99. The molecule has 114 valence electrons. The molecule has 0 aromatic rings. The minimum atomic E-state index is -3.33. The number of rotatable bonds is 3. The number of hydrogen-bond donors (Lipinski definition) is 1. The number of nitrogens with zero attached hydrogens (tertiary/aromatic N) is 5. The van der Waals surface area contributed by atoms with E-state index in [2.05, 4.69) is 14.9 Å². The minimum absolute atomic E-state index is 0.154. The Balaban J connectivity index is 1.99. The van der Waals surface area contributed by atoms with Crippen LogP contribution in [-0.2, 0) is 10.2 Å². The molecule has 0 aromatic carbocycles. The first kappa shape index (κ1) is 15.4. The number of aliphatic hydroxyl groups is 1. The predicted molar refractivity (Wildman–Crippen MR) is 77.2 cm³/mol. The molecular weight excluding hydrogens is 282 g/mol. The molecule has 2 heterocycles. The van der Waals surface area contributed by atoms with Crippen LogP contribution in [0.1, 0.15) is 6.42 Å². The van der Waals surface area contributed by atoms with Crippen molar-refractivity contribution in [1.29, 1.82) is 0 Å². The highest BCUT2D eigenvalue weighted by molar-refractivity contribution is 7.86. The lowest BCUT2D eigenvalue weighted by Crippen LogP contribution is -2.53. The van der Waals surface area contributed by atoms with Gasteiger partial charge in [-0.25, -0.2) is 4.99 Å². The van der Waals surface area contributed by atoms with Gasteiger partial charge in [0.05, 0.1) is 0 Å². The summed E-state index contributed by atoms with van der Waals surface area (Å²) in [6, 6.07) is 0. The quantitative estimate of drug-likeness (QED) is 0.695. The third-order valence-corrected chi connectivity index (χ3v) is 5.36. The Kier molecular flexibility index (Phi) is 4.74. The van der Waals surface area contributed by atoms with Gasteiger partial charge in [-0.3, -0.25) is 4.99 Å². The van der Waals surface area contributed by atoms with Crippen molar-refractivity contribution in [1.82, 2.24) is 13.5 Å². The maximum absolute atomic E-state index is 12.0. The monoisotopic (exact) mass is 303 g/mol. The molecule has 2 rings (SSSR count). The second-order valence-corrected chi connectivity index (χ2v) is 7.05. The molecule has 9 heteroatoms. The Morgan fingerprint density at radius 1 is 1.25 bits per heavy atom. The number of aliphatic imine (C=N–C) groups is 2. The molecule has 0 aromatic heterocycles. The average Bonchev–Trinajstić information content (AvgIpc) is 2.47. The Morgan fingerprint density at radius 3 is 2.45 bits per heavy atom. The number of hydrogen-bond acceptors (Lipinski definition) is 6. The fourth-order valence-electron chi connectivity index (χ4n) is 2.25. The molecule has 0 saturated carbocycles. The van der Waals surface area contributed by atoms with Crippen LogP contribution in [0.25, 0.3) is 0 Å². The van der Waals surface area contributed by atoms with E-state index in [4.69, 9.17) is 5.11 Å². The van der Waals surface area contributed by atoms with E-state index in [0.717, 1.165) is 12.3 Å². The zero-order chi connectivity index (χ0) is 14.8. The standard InChI is InChI=1S/C11H21N5O3S/c1-14(2)20(18,19)16-7-5-15(6-8-16)11-3-4-12-10(9-17)13-11/h17H,3-9H2,1-2H3. The summed E-state index contributed by atoms with van der Waals surface area (Å²) in [5.74, 6) is 1.35. The molecule has 1 N–H and O–H groups in total. The van der Waals surface area contributed by atoms with Crippen LogP contribution in [0.2, 0.25) is 0 Å². The van der Waals surface area contributed by atoms with Crippen LogP contribution in [0.5, 0.6) is 0 Å². The van der Waals surface area contributed by atoms with Gasteiger partial charge in [0.2, 0.25) is 0 Å². The zero-order valence-corrected chi connectivity index (χ0v) is 12.7. The van der Waals surface area contributed by atoms with Crippen LogP contribution in [-0.4, -0.2) is 92.1 Å². The van der Waals surface area contributed by atoms with E-state index in [1.165, 1.54) is 22.7 Å². The molecule has 1 saturated heterocycles. The highest BCUT2D eigenvalue weighted by Crippen LogP contribution is 2.12. The lowest BCUT2D eigenvalue weighted by atomic mass is 10.2. The summed E-state index contributed by atoms with van der Waals surface area (Å²) in [5, 5.41) is 9.07. The number of aliphatic hydroxyl groups excluding tert-OH is 1. The Morgan fingerprint density at radius 2 is 1.90 bits per heavy atom. The largest absolute Gasteiger partial charge is 0.388 e. The highest BCUT2D eigenvalue weighted by atomic mass is 32.2. The Hall–Kier alpha value is -1.03. The summed E-state index contributed by atoms with van der Waals surface area (Å²) in [6.45, 7) is 2.61. The van der Waals surface area contributed by atoms with Crippen molar-refractivity contribution in [3.05, 3.63) is 0 Å². The van der Waals surface area contributed by atoms with Gasteiger partial charge in [-0.05, 0) is 0 Å². The van der Waals surface area contributed by atoms with Gasteiger partial charge in [0.1, 0.15) is 12.4 Å². The maximum Gasteiger partial charge on any atom is 0.281 e. The molecule has 0 atom stereocenters. The molecule has 20 heavy (non-hydrogen) atoms. The van der Waals surface area contributed by atoms with Gasteiger partial charge in [0.25, 0.3) is 10.2 Å².